The molecule has 1 aromatic carbocycles. The van der Waals surface area contributed by atoms with E-state index in [-0.39, 0.29) is 30.3 Å². The van der Waals surface area contributed by atoms with Gasteiger partial charge in [-0.05, 0) is 95.4 Å². The Hall–Kier alpha value is -3.53. The second-order valence-corrected chi connectivity index (χ2v) is 16.9. The van der Waals surface area contributed by atoms with Crippen molar-refractivity contribution in [3.8, 4) is 0 Å². The Labute approximate surface area is 308 Å². The molecule has 3 amide bonds. The molecule has 0 bridgehead atoms. The molecule has 0 aromatic heterocycles. The number of carbonyl (C=O) groups is 4. The number of unbranched alkanes of at least 4 members (excludes halogenated alkanes) is 1. The molecule has 278 valence electrons. The highest BCUT2D eigenvalue weighted by Gasteiger charge is 2.63. The van der Waals surface area contributed by atoms with Crippen LogP contribution in [-0.4, -0.2) is 75.7 Å². The van der Waals surface area contributed by atoms with Gasteiger partial charge in [-0.25, -0.2) is 9.59 Å². The Morgan fingerprint density at radius 1 is 1.04 bits per heavy atom. The third-order valence-corrected chi connectivity index (χ3v) is 12.1. The van der Waals surface area contributed by atoms with Gasteiger partial charge in [0.05, 0.1) is 6.61 Å². The SMILES string of the molecule is CCCCS[C@@]1(C2C=CC(c3ccccc3)=CC2)C[C@H]2C(=O)N[C@]3(C(=O)OCC)C[C@H]3/C=C\CCCCC[C@H](NC(=O)OC(C)(C)C)C(=O)N2C1. The number of ether oxygens (including phenoxy) is 2. The van der Waals surface area contributed by atoms with Gasteiger partial charge in [-0.2, -0.15) is 11.8 Å². The van der Waals surface area contributed by atoms with Crippen molar-refractivity contribution in [3.05, 3.63) is 66.3 Å². The Morgan fingerprint density at radius 2 is 1.82 bits per heavy atom. The molecule has 6 atom stereocenters. The standard InChI is InChI=1S/C41H57N3O6S/c1-6-8-25-51-40(31-23-21-30(22-24-31)29-17-13-12-14-18-29)27-34-35(45)43-41(37(47)49-7-2)26-32(41)19-15-10-9-11-16-20-33(36(46)44(34)28-40)42-38(48)50-39(3,4)5/h12-15,17-19,21-23,31-34H,6-11,16,20,24-28H2,1-5H3,(H,42,48)(H,43,45)/b19-15-/t31?,32-,33+,34+,40+,41-/m1/s1. The molecular weight excluding hydrogens is 663 g/mol. The van der Waals surface area contributed by atoms with E-state index in [9.17, 15) is 19.2 Å². The maximum absolute atomic E-state index is 14.8. The third kappa shape index (κ3) is 9.48. The lowest BCUT2D eigenvalue weighted by molar-refractivity contribution is -0.150. The summed E-state index contributed by atoms with van der Waals surface area (Å²) in [6.45, 7) is 9.87. The molecule has 5 rings (SSSR count). The predicted octanol–water partition coefficient (Wildman–Crippen LogP) is 7.37. The number of allylic oxidation sites excluding steroid dienone is 5. The number of rotatable bonds is 9. The molecule has 2 fully saturated rings. The molecule has 2 N–H and O–H groups in total. The topological polar surface area (TPSA) is 114 Å². The number of hydrogen-bond donors (Lipinski definition) is 2. The second kappa shape index (κ2) is 16.9. The van der Waals surface area contributed by atoms with E-state index in [1.165, 1.54) is 0 Å². The van der Waals surface area contributed by atoms with Crippen molar-refractivity contribution in [2.75, 3.05) is 18.9 Å². The second-order valence-electron chi connectivity index (χ2n) is 15.4. The summed E-state index contributed by atoms with van der Waals surface area (Å²) in [5, 5.41) is 6.01. The van der Waals surface area contributed by atoms with Gasteiger partial charge in [0.15, 0.2) is 0 Å². The number of nitrogens with one attached hydrogen (secondary N) is 2. The summed E-state index contributed by atoms with van der Waals surface area (Å²) in [6, 6.07) is 8.61. The van der Waals surface area contributed by atoms with E-state index in [0.29, 0.717) is 25.8 Å². The summed E-state index contributed by atoms with van der Waals surface area (Å²) in [6.07, 6.45) is 17.7. The molecule has 2 aliphatic heterocycles. The van der Waals surface area contributed by atoms with Gasteiger partial charge in [0, 0.05) is 17.2 Å². The van der Waals surface area contributed by atoms with Gasteiger partial charge >= 0.3 is 12.1 Å². The molecule has 1 unspecified atom stereocenters. The number of hydrogen-bond acceptors (Lipinski definition) is 7. The first-order valence-corrected chi connectivity index (χ1v) is 19.9. The van der Waals surface area contributed by atoms with E-state index >= 15 is 0 Å². The fraction of sp³-hybridized carbons (Fsp3) is 0.610. The van der Waals surface area contributed by atoms with Crippen LogP contribution in [0.5, 0.6) is 0 Å². The normalized spacial score (nSPS) is 30.5. The van der Waals surface area contributed by atoms with Crippen LogP contribution in [-0.2, 0) is 23.9 Å². The Morgan fingerprint density at radius 3 is 2.51 bits per heavy atom. The predicted molar refractivity (Wildman–Crippen MR) is 203 cm³/mol. The minimum Gasteiger partial charge on any atom is -0.464 e. The quantitative estimate of drug-likeness (QED) is 0.156. The van der Waals surface area contributed by atoms with Crippen molar-refractivity contribution in [2.45, 2.75) is 127 Å². The van der Waals surface area contributed by atoms with E-state index in [1.54, 1.807) is 32.6 Å². The van der Waals surface area contributed by atoms with Crippen LogP contribution in [0.25, 0.3) is 5.57 Å². The van der Waals surface area contributed by atoms with E-state index in [4.69, 9.17) is 9.47 Å². The molecule has 2 heterocycles. The number of esters is 1. The minimum absolute atomic E-state index is 0.0680. The van der Waals surface area contributed by atoms with E-state index in [1.807, 2.05) is 36.0 Å². The van der Waals surface area contributed by atoms with Crippen molar-refractivity contribution in [2.24, 2.45) is 11.8 Å². The van der Waals surface area contributed by atoms with Crippen molar-refractivity contribution in [3.63, 3.8) is 0 Å². The molecule has 1 aromatic rings. The zero-order valence-electron chi connectivity index (χ0n) is 31.1. The van der Waals surface area contributed by atoms with E-state index < -0.39 is 40.0 Å². The first kappa shape index (κ1) is 38.7. The lowest BCUT2D eigenvalue weighted by Gasteiger charge is -2.37. The first-order valence-electron chi connectivity index (χ1n) is 18.9. The zero-order chi connectivity index (χ0) is 36.6. The fourth-order valence-corrected chi connectivity index (χ4v) is 9.32. The Balaban J connectivity index is 1.51. The smallest absolute Gasteiger partial charge is 0.408 e. The van der Waals surface area contributed by atoms with Crippen LogP contribution in [0.2, 0.25) is 0 Å². The fourth-order valence-electron chi connectivity index (χ4n) is 7.59. The first-order chi connectivity index (χ1) is 24.4. The number of alkyl carbamates (subject to hydrolysis) is 1. The number of carbonyl (C=O) groups excluding carboxylic acids is 4. The molecule has 1 saturated heterocycles. The molecule has 10 heteroatoms. The van der Waals surface area contributed by atoms with Gasteiger partial charge in [0.2, 0.25) is 11.8 Å². The number of fused-ring (bicyclic) bond motifs is 2. The van der Waals surface area contributed by atoms with Crippen LogP contribution in [0, 0.1) is 11.8 Å². The third-order valence-electron chi connectivity index (χ3n) is 10.4. The van der Waals surface area contributed by atoms with Crippen molar-refractivity contribution < 1.29 is 28.7 Å². The summed E-state index contributed by atoms with van der Waals surface area (Å²) >= 11 is 1.85. The van der Waals surface area contributed by atoms with Gasteiger partial charge < -0.3 is 25.0 Å². The van der Waals surface area contributed by atoms with Crippen LogP contribution >= 0.6 is 11.8 Å². The van der Waals surface area contributed by atoms with Gasteiger partial charge in [0.1, 0.15) is 23.2 Å². The van der Waals surface area contributed by atoms with Crippen LogP contribution < -0.4 is 10.6 Å². The van der Waals surface area contributed by atoms with Crippen molar-refractivity contribution in [1.29, 1.82) is 0 Å². The van der Waals surface area contributed by atoms with Crippen LogP contribution in [0.1, 0.15) is 104 Å². The van der Waals surface area contributed by atoms with Gasteiger partial charge in [0.25, 0.3) is 0 Å². The molecule has 1 saturated carbocycles. The maximum atomic E-state index is 14.8. The lowest BCUT2D eigenvalue weighted by Crippen LogP contribution is -2.56. The van der Waals surface area contributed by atoms with Gasteiger partial charge in [-0.15, -0.1) is 0 Å². The minimum atomic E-state index is -1.15. The number of thioether (sulfide) groups is 1. The summed E-state index contributed by atoms with van der Waals surface area (Å²) in [4.78, 5) is 57.6. The summed E-state index contributed by atoms with van der Waals surface area (Å²) in [7, 11) is 0. The average Bonchev–Trinajstić information content (AvgIpc) is 3.65. The van der Waals surface area contributed by atoms with Crippen LogP contribution in [0.3, 0.4) is 0 Å². The number of nitrogens with zero attached hydrogens (tertiary/aromatic N) is 1. The molecule has 4 aliphatic rings. The Kier molecular flexibility index (Phi) is 12.8. The largest absolute Gasteiger partial charge is 0.464 e. The van der Waals surface area contributed by atoms with Crippen molar-refractivity contribution >= 4 is 41.2 Å². The molecule has 9 nitrogen and oxygen atoms in total. The monoisotopic (exact) mass is 719 g/mol. The van der Waals surface area contributed by atoms with Crippen LogP contribution in [0.15, 0.2) is 60.7 Å². The highest BCUT2D eigenvalue weighted by Crippen LogP contribution is 2.50. The van der Waals surface area contributed by atoms with Crippen LogP contribution in [0.4, 0.5) is 4.79 Å². The highest BCUT2D eigenvalue weighted by molar-refractivity contribution is 8.00. The summed E-state index contributed by atoms with van der Waals surface area (Å²) < 4.78 is 10.6. The van der Waals surface area contributed by atoms with Gasteiger partial charge in [-0.1, -0.05) is 86.9 Å². The summed E-state index contributed by atoms with van der Waals surface area (Å²) in [5.41, 5.74) is 0.433. The number of amides is 3. The maximum Gasteiger partial charge on any atom is 0.408 e. The highest BCUT2D eigenvalue weighted by atomic mass is 32.2. The molecule has 51 heavy (non-hydrogen) atoms. The van der Waals surface area contributed by atoms with E-state index in [0.717, 1.165) is 61.8 Å². The van der Waals surface area contributed by atoms with Crippen molar-refractivity contribution in [1.82, 2.24) is 15.5 Å². The number of benzene rings is 1. The molecule has 0 spiro atoms. The average molecular weight is 720 g/mol. The summed E-state index contributed by atoms with van der Waals surface area (Å²) in [5.74, 6) is -0.273. The van der Waals surface area contributed by atoms with Gasteiger partial charge in [-0.3, -0.25) is 9.59 Å². The molecule has 2 aliphatic carbocycles. The van der Waals surface area contributed by atoms with E-state index in [2.05, 4.69) is 54.0 Å². The Bertz CT molecular complexity index is 1500. The zero-order valence-corrected chi connectivity index (χ0v) is 31.9. The lowest BCUT2D eigenvalue weighted by atomic mass is 9.82. The molecule has 0 radical (unpaired) electrons. The molecular formula is C41H57N3O6S.